The first-order valence-corrected chi connectivity index (χ1v) is 6.93. The number of benzene rings is 1. The van der Waals surface area contributed by atoms with Gasteiger partial charge < -0.3 is 9.64 Å². The smallest absolute Gasteiger partial charge is 0.309 e. The number of hydrogen-bond acceptors (Lipinski definition) is 2. The summed E-state index contributed by atoms with van der Waals surface area (Å²) in [5, 5.41) is 0. The van der Waals surface area contributed by atoms with Gasteiger partial charge in [-0.25, -0.2) is 4.39 Å². The van der Waals surface area contributed by atoms with Crippen LogP contribution in [0.2, 0.25) is 0 Å². The summed E-state index contributed by atoms with van der Waals surface area (Å²) >= 11 is 0. The Morgan fingerprint density at radius 2 is 2.16 bits per heavy atom. The molecule has 19 heavy (non-hydrogen) atoms. The van der Waals surface area contributed by atoms with E-state index in [4.69, 9.17) is 4.74 Å². The molecule has 2 rings (SSSR count). The van der Waals surface area contributed by atoms with E-state index in [2.05, 4.69) is 0 Å². The number of hydrogen-bond donors (Lipinski definition) is 1. The van der Waals surface area contributed by atoms with E-state index in [0.717, 1.165) is 38.0 Å². The Kier molecular flexibility index (Phi) is 4.91. The zero-order valence-corrected chi connectivity index (χ0v) is 11.3. The van der Waals surface area contributed by atoms with Gasteiger partial charge in [0.1, 0.15) is 12.4 Å². The summed E-state index contributed by atoms with van der Waals surface area (Å²) in [4.78, 5) is 13.0. The first-order valence-electron chi connectivity index (χ1n) is 6.93. The van der Waals surface area contributed by atoms with Crippen LogP contribution in [-0.2, 0) is 16.1 Å². The average Bonchev–Trinajstić information content (AvgIpc) is 2.40. The normalized spacial score (nSPS) is 23.1. The fourth-order valence-electron chi connectivity index (χ4n) is 2.63. The van der Waals surface area contributed by atoms with Crippen molar-refractivity contribution < 1.29 is 18.8 Å². The van der Waals surface area contributed by atoms with Gasteiger partial charge >= 0.3 is 5.97 Å². The SMILES string of the molecule is CCOC(=O)C1CC[NH+](Cc2cccc(F)c2)CC1. The maximum Gasteiger partial charge on any atom is 0.309 e. The van der Waals surface area contributed by atoms with Gasteiger partial charge in [0.25, 0.3) is 0 Å². The lowest BCUT2D eigenvalue weighted by molar-refractivity contribution is -0.919. The molecule has 104 valence electrons. The van der Waals surface area contributed by atoms with E-state index in [-0.39, 0.29) is 17.7 Å². The second kappa shape index (κ2) is 6.66. The van der Waals surface area contributed by atoms with Crippen LogP contribution in [-0.4, -0.2) is 25.7 Å². The molecule has 1 saturated heterocycles. The van der Waals surface area contributed by atoms with Gasteiger partial charge in [0, 0.05) is 18.4 Å². The van der Waals surface area contributed by atoms with Crippen LogP contribution in [0.15, 0.2) is 24.3 Å². The number of likely N-dealkylation sites (tertiary alicyclic amines) is 1. The molecule has 1 N–H and O–H groups in total. The molecule has 0 saturated carbocycles. The van der Waals surface area contributed by atoms with Crippen LogP contribution in [0.4, 0.5) is 4.39 Å². The number of piperidine rings is 1. The minimum absolute atomic E-state index is 0.0520. The van der Waals surface area contributed by atoms with E-state index in [0.29, 0.717) is 6.61 Å². The molecule has 3 nitrogen and oxygen atoms in total. The molecule has 0 radical (unpaired) electrons. The number of quaternary nitrogens is 1. The average molecular weight is 266 g/mol. The third-order valence-corrected chi connectivity index (χ3v) is 3.66. The maximum atomic E-state index is 13.1. The molecular formula is C15H21FNO2+. The van der Waals surface area contributed by atoms with Crippen molar-refractivity contribution in [1.82, 2.24) is 0 Å². The van der Waals surface area contributed by atoms with Gasteiger partial charge in [0.15, 0.2) is 0 Å². The lowest BCUT2D eigenvalue weighted by Gasteiger charge is -2.28. The zero-order chi connectivity index (χ0) is 13.7. The molecule has 0 atom stereocenters. The van der Waals surface area contributed by atoms with Crippen molar-refractivity contribution in [3.63, 3.8) is 0 Å². The summed E-state index contributed by atoms with van der Waals surface area (Å²) in [6, 6.07) is 6.75. The fraction of sp³-hybridized carbons (Fsp3) is 0.533. The molecule has 1 heterocycles. The van der Waals surface area contributed by atoms with Gasteiger partial charge in [0.05, 0.1) is 25.6 Å². The Balaban J connectivity index is 1.82. The van der Waals surface area contributed by atoms with Crippen LogP contribution in [0.1, 0.15) is 25.3 Å². The van der Waals surface area contributed by atoms with Crippen LogP contribution in [0, 0.1) is 11.7 Å². The van der Waals surface area contributed by atoms with Crippen molar-refractivity contribution in [3.05, 3.63) is 35.6 Å². The summed E-state index contributed by atoms with van der Waals surface area (Å²) in [5.74, 6) is -0.193. The monoisotopic (exact) mass is 266 g/mol. The standard InChI is InChI=1S/C15H20FNO2/c1-2-19-15(18)13-6-8-17(9-7-13)11-12-4-3-5-14(16)10-12/h3-5,10,13H,2,6-9,11H2,1H3/p+1. The number of carbonyl (C=O) groups is 1. The van der Waals surface area contributed by atoms with Gasteiger partial charge in [0.2, 0.25) is 0 Å². The molecule has 1 aromatic carbocycles. The minimum atomic E-state index is -0.182. The molecule has 0 unspecified atom stereocenters. The molecule has 0 aliphatic carbocycles. The third kappa shape index (κ3) is 4.03. The van der Waals surface area contributed by atoms with Crippen molar-refractivity contribution in [2.45, 2.75) is 26.3 Å². The van der Waals surface area contributed by atoms with Crippen molar-refractivity contribution >= 4 is 5.97 Å². The molecule has 0 aromatic heterocycles. The van der Waals surface area contributed by atoms with Crippen LogP contribution in [0.25, 0.3) is 0 Å². The van der Waals surface area contributed by atoms with Crippen LogP contribution in [0.3, 0.4) is 0 Å². The Hall–Kier alpha value is -1.42. The molecule has 0 spiro atoms. The third-order valence-electron chi connectivity index (χ3n) is 3.66. The number of nitrogens with one attached hydrogen (secondary N) is 1. The lowest BCUT2D eigenvalue weighted by atomic mass is 9.96. The van der Waals surface area contributed by atoms with Crippen molar-refractivity contribution in [2.24, 2.45) is 5.92 Å². The first-order chi connectivity index (χ1) is 9.19. The summed E-state index contributed by atoms with van der Waals surface area (Å²) in [7, 11) is 0. The lowest BCUT2D eigenvalue weighted by Crippen LogP contribution is -3.11. The number of carbonyl (C=O) groups excluding carboxylic acids is 1. The van der Waals surface area contributed by atoms with E-state index in [1.54, 1.807) is 12.1 Å². The molecule has 4 heteroatoms. The fourth-order valence-corrected chi connectivity index (χ4v) is 2.63. The minimum Gasteiger partial charge on any atom is -0.466 e. The van der Waals surface area contributed by atoms with Gasteiger partial charge in [-0.3, -0.25) is 4.79 Å². The van der Waals surface area contributed by atoms with E-state index in [1.807, 2.05) is 13.0 Å². The zero-order valence-electron chi connectivity index (χ0n) is 11.3. The summed E-state index contributed by atoms with van der Waals surface area (Å²) in [6.45, 7) is 5.00. The highest BCUT2D eigenvalue weighted by atomic mass is 19.1. The second-order valence-corrected chi connectivity index (χ2v) is 5.08. The molecule has 1 aliphatic heterocycles. The molecule has 0 bridgehead atoms. The first kappa shape index (κ1) is 14.0. The number of halogens is 1. The predicted molar refractivity (Wildman–Crippen MR) is 70.2 cm³/mol. The topological polar surface area (TPSA) is 30.7 Å². The van der Waals surface area contributed by atoms with Crippen LogP contribution >= 0.6 is 0 Å². The highest BCUT2D eigenvalue weighted by Gasteiger charge is 2.28. The highest BCUT2D eigenvalue weighted by molar-refractivity contribution is 5.72. The largest absolute Gasteiger partial charge is 0.466 e. The molecule has 1 aromatic rings. The quantitative estimate of drug-likeness (QED) is 0.830. The molecule has 1 fully saturated rings. The summed E-state index contributed by atoms with van der Waals surface area (Å²) in [5.41, 5.74) is 1.02. The Labute approximate surface area is 113 Å². The van der Waals surface area contributed by atoms with Gasteiger partial charge in [-0.05, 0) is 19.1 Å². The molecule has 1 aliphatic rings. The summed E-state index contributed by atoms with van der Waals surface area (Å²) < 4.78 is 18.2. The van der Waals surface area contributed by atoms with Gasteiger partial charge in [-0.2, -0.15) is 0 Å². The van der Waals surface area contributed by atoms with E-state index in [9.17, 15) is 9.18 Å². The Morgan fingerprint density at radius 3 is 2.79 bits per heavy atom. The van der Waals surface area contributed by atoms with E-state index in [1.165, 1.54) is 11.0 Å². The van der Waals surface area contributed by atoms with Crippen LogP contribution < -0.4 is 4.90 Å². The predicted octanol–water partition coefficient (Wildman–Crippen LogP) is 1.18. The second-order valence-electron chi connectivity index (χ2n) is 5.08. The van der Waals surface area contributed by atoms with Crippen molar-refractivity contribution in [1.29, 1.82) is 0 Å². The molecular weight excluding hydrogens is 245 g/mol. The van der Waals surface area contributed by atoms with Crippen molar-refractivity contribution in [2.75, 3.05) is 19.7 Å². The summed E-state index contributed by atoms with van der Waals surface area (Å²) in [6.07, 6.45) is 1.73. The van der Waals surface area contributed by atoms with E-state index < -0.39 is 0 Å². The van der Waals surface area contributed by atoms with Crippen LogP contribution in [0.5, 0.6) is 0 Å². The maximum absolute atomic E-state index is 13.1. The van der Waals surface area contributed by atoms with Gasteiger partial charge in [-0.15, -0.1) is 0 Å². The molecule has 0 amide bonds. The number of ether oxygens (including phenoxy) is 1. The Morgan fingerprint density at radius 1 is 1.42 bits per heavy atom. The van der Waals surface area contributed by atoms with E-state index >= 15 is 0 Å². The Bertz CT molecular complexity index is 428. The van der Waals surface area contributed by atoms with Crippen molar-refractivity contribution in [3.8, 4) is 0 Å². The number of rotatable bonds is 4. The van der Waals surface area contributed by atoms with Gasteiger partial charge in [-0.1, -0.05) is 12.1 Å². The highest BCUT2D eigenvalue weighted by Crippen LogP contribution is 2.12. The number of esters is 1.